The summed E-state index contributed by atoms with van der Waals surface area (Å²) in [6.45, 7) is 2.24. The van der Waals surface area contributed by atoms with Gasteiger partial charge in [0.25, 0.3) is 0 Å². The van der Waals surface area contributed by atoms with Gasteiger partial charge in [-0.1, -0.05) is 74.4 Å². The summed E-state index contributed by atoms with van der Waals surface area (Å²) < 4.78 is 6.34. The van der Waals surface area contributed by atoms with Crippen LogP contribution in [0.1, 0.15) is 55.1 Å². The summed E-state index contributed by atoms with van der Waals surface area (Å²) in [6, 6.07) is 19.4. The van der Waals surface area contributed by atoms with Crippen molar-refractivity contribution in [3.63, 3.8) is 0 Å². The third-order valence-corrected chi connectivity index (χ3v) is 4.10. The zero-order chi connectivity index (χ0) is 13.8. The summed E-state index contributed by atoms with van der Waals surface area (Å²) in [5, 5.41) is 0. The predicted molar refractivity (Wildman–Crippen MR) is 82.7 cm³/mol. The van der Waals surface area contributed by atoms with Crippen LogP contribution in [0.4, 0.5) is 0 Å². The maximum Gasteiger partial charge on any atom is 0.0877 e. The number of rotatable bonds is 5. The van der Waals surface area contributed by atoms with Gasteiger partial charge in [0.15, 0.2) is 0 Å². The fourth-order valence-electron chi connectivity index (χ4n) is 3.04. The summed E-state index contributed by atoms with van der Waals surface area (Å²) in [7, 11) is 0. The van der Waals surface area contributed by atoms with Gasteiger partial charge in [0.05, 0.1) is 12.2 Å². The molecule has 2 aromatic carbocycles. The Balaban J connectivity index is 1.80. The molecule has 0 radical (unpaired) electrons. The van der Waals surface area contributed by atoms with Crippen LogP contribution in [0.2, 0.25) is 0 Å². The molecule has 1 heterocycles. The first-order valence-electron chi connectivity index (χ1n) is 7.66. The van der Waals surface area contributed by atoms with Gasteiger partial charge in [-0.15, -0.1) is 0 Å². The minimum atomic E-state index is 0.218. The van der Waals surface area contributed by atoms with Crippen molar-refractivity contribution in [2.45, 2.75) is 44.8 Å². The Morgan fingerprint density at radius 2 is 1.50 bits per heavy atom. The lowest BCUT2D eigenvalue weighted by atomic mass is 9.96. The predicted octanol–water partition coefficient (Wildman–Crippen LogP) is 5.23. The normalized spacial score (nSPS) is 20.9. The molecule has 3 rings (SSSR count). The van der Waals surface area contributed by atoms with Crippen molar-refractivity contribution in [2.75, 3.05) is 0 Å². The molecule has 2 atom stereocenters. The van der Waals surface area contributed by atoms with Gasteiger partial charge in [-0.3, -0.25) is 0 Å². The van der Waals surface area contributed by atoms with E-state index in [1.54, 1.807) is 0 Å². The van der Waals surface area contributed by atoms with E-state index in [4.69, 9.17) is 4.74 Å². The lowest BCUT2D eigenvalue weighted by molar-refractivity contribution is 0.00603. The van der Waals surface area contributed by atoms with Crippen molar-refractivity contribution < 1.29 is 4.74 Å². The van der Waals surface area contributed by atoms with Crippen LogP contribution in [0.15, 0.2) is 54.6 Å². The van der Waals surface area contributed by atoms with Crippen LogP contribution in [0.25, 0.3) is 0 Å². The molecular formula is C19H22O. The van der Waals surface area contributed by atoms with Crippen molar-refractivity contribution in [3.8, 4) is 0 Å². The summed E-state index contributed by atoms with van der Waals surface area (Å²) in [6.07, 6.45) is 5.08. The minimum Gasteiger partial charge on any atom is -0.365 e. The van der Waals surface area contributed by atoms with Crippen molar-refractivity contribution >= 4 is 0 Å². The molecule has 0 saturated carbocycles. The number of hydrogen-bond donors (Lipinski definition) is 0. The smallest absolute Gasteiger partial charge is 0.0877 e. The second kappa shape index (κ2) is 6.23. The second-order valence-corrected chi connectivity index (χ2v) is 5.57. The fourth-order valence-corrected chi connectivity index (χ4v) is 3.04. The number of fused-ring (bicyclic) bond motifs is 1. The van der Waals surface area contributed by atoms with Crippen molar-refractivity contribution in [2.24, 2.45) is 0 Å². The van der Waals surface area contributed by atoms with E-state index < -0.39 is 0 Å². The van der Waals surface area contributed by atoms with E-state index in [1.165, 1.54) is 29.5 Å². The van der Waals surface area contributed by atoms with Crippen LogP contribution in [0.3, 0.4) is 0 Å². The molecule has 0 aromatic heterocycles. The largest absolute Gasteiger partial charge is 0.365 e. The Labute approximate surface area is 121 Å². The van der Waals surface area contributed by atoms with E-state index in [2.05, 4.69) is 61.5 Å². The molecule has 1 aliphatic heterocycles. The van der Waals surface area contributed by atoms with Crippen molar-refractivity contribution in [1.82, 2.24) is 0 Å². The fraction of sp³-hybridized carbons (Fsp3) is 0.368. The van der Waals surface area contributed by atoms with Gasteiger partial charge >= 0.3 is 0 Å². The lowest BCUT2D eigenvalue weighted by Crippen LogP contribution is -2.02. The topological polar surface area (TPSA) is 9.23 Å². The molecule has 2 aromatic rings. The minimum absolute atomic E-state index is 0.218. The summed E-state index contributed by atoms with van der Waals surface area (Å²) in [4.78, 5) is 0. The van der Waals surface area contributed by atoms with E-state index in [0.29, 0.717) is 6.10 Å². The van der Waals surface area contributed by atoms with E-state index in [-0.39, 0.29) is 6.10 Å². The van der Waals surface area contributed by atoms with Crippen LogP contribution in [-0.4, -0.2) is 0 Å². The number of benzene rings is 2. The second-order valence-electron chi connectivity index (χ2n) is 5.57. The highest BCUT2D eigenvalue weighted by atomic mass is 16.5. The summed E-state index contributed by atoms with van der Waals surface area (Å²) >= 11 is 0. The van der Waals surface area contributed by atoms with Gasteiger partial charge in [-0.2, -0.15) is 0 Å². The Kier molecular flexibility index (Phi) is 4.17. The molecule has 104 valence electrons. The Morgan fingerprint density at radius 3 is 2.20 bits per heavy atom. The van der Waals surface area contributed by atoms with Crippen LogP contribution in [0, 0.1) is 0 Å². The molecule has 1 nitrogen and oxygen atoms in total. The van der Waals surface area contributed by atoms with Crippen LogP contribution < -0.4 is 0 Å². The lowest BCUT2D eigenvalue weighted by Gasteiger charge is -2.14. The highest BCUT2D eigenvalue weighted by Crippen LogP contribution is 2.42. The van der Waals surface area contributed by atoms with Gasteiger partial charge in [-0.25, -0.2) is 0 Å². The zero-order valence-corrected chi connectivity index (χ0v) is 12.1. The molecule has 0 N–H and O–H groups in total. The number of hydrogen-bond acceptors (Lipinski definition) is 1. The average Bonchev–Trinajstić information content (AvgIpc) is 2.85. The number of ether oxygens (including phenoxy) is 1. The molecule has 1 aliphatic rings. The van der Waals surface area contributed by atoms with E-state index in [9.17, 15) is 0 Å². The molecule has 20 heavy (non-hydrogen) atoms. The quantitative estimate of drug-likeness (QED) is 0.720. The van der Waals surface area contributed by atoms with E-state index in [0.717, 1.165) is 12.8 Å². The molecule has 0 saturated heterocycles. The molecule has 0 unspecified atom stereocenters. The Bertz CT molecular complexity index is 547. The SMILES string of the molecule is CCCC[C@@H]1O[C@@H](Cc2ccccc2)c2ccccc21. The standard InChI is InChI=1S/C19H22O/c1-2-3-13-18-16-11-7-8-12-17(16)19(20-18)14-15-9-5-4-6-10-15/h4-12,18-19H,2-3,13-14H2,1H3/t18-,19-/m0/s1. The Morgan fingerprint density at radius 1 is 0.850 bits per heavy atom. The van der Waals surface area contributed by atoms with Gasteiger partial charge in [0.1, 0.15) is 0 Å². The van der Waals surface area contributed by atoms with E-state index >= 15 is 0 Å². The highest BCUT2D eigenvalue weighted by Gasteiger charge is 2.30. The third-order valence-electron chi connectivity index (χ3n) is 4.10. The average molecular weight is 266 g/mol. The molecule has 0 fully saturated rings. The highest BCUT2D eigenvalue weighted by molar-refractivity contribution is 5.35. The van der Waals surface area contributed by atoms with Gasteiger partial charge in [-0.05, 0) is 23.1 Å². The zero-order valence-electron chi connectivity index (χ0n) is 12.1. The maximum absolute atomic E-state index is 6.34. The Hall–Kier alpha value is -1.60. The van der Waals surface area contributed by atoms with Crippen molar-refractivity contribution in [1.29, 1.82) is 0 Å². The summed E-state index contributed by atoms with van der Waals surface area (Å²) in [5.74, 6) is 0. The van der Waals surface area contributed by atoms with Crippen LogP contribution >= 0.6 is 0 Å². The monoisotopic (exact) mass is 266 g/mol. The molecular weight excluding hydrogens is 244 g/mol. The molecule has 1 heteroatoms. The van der Waals surface area contributed by atoms with Gasteiger partial charge in [0, 0.05) is 6.42 Å². The van der Waals surface area contributed by atoms with Crippen molar-refractivity contribution in [3.05, 3.63) is 71.3 Å². The van der Waals surface area contributed by atoms with E-state index in [1.807, 2.05) is 0 Å². The maximum atomic E-state index is 6.34. The molecule has 0 spiro atoms. The molecule has 0 amide bonds. The summed E-state index contributed by atoms with van der Waals surface area (Å²) in [5.41, 5.74) is 4.14. The first-order chi connectivity index (χ1) is 9.88. The number of unbranched alkanes of at least 4 members (excludes halogenated alkanes) is 1. The molecule has 0 bridgehead atoms. The van der Waals surface area contributed by atoms with Gasteiger partial charge in [0.2, 0.25) is 0 Å². The third kappa shape index (κ3) is 2.78. The first-order valence-corrected chi connectivity index (χ1v) is 7.66. The molecule has 0 aliphatic carbocycles. The van der Waals surface area contributed by atoms with Crippen LogP contribution in [-0.2, 0) is 11.2 Å². The van der Waals surface area contributed by atoms with Crippen LogP contribution in [0.5, 0.6) is 0 Å². The van der Waals surface area contributed by atoms with Gasteiger partial charge < -0.3 is 4.74 Å². The first kappa shape index (κ1) is 13.4.